The Balaban J connectivity index is 1.62. The topological polar surface area (TPSA) is 79.0 Å². The van der Waals surface area contributed by atoms with Crippen molar-refractivity contribution >= 4 is 21.7 Å². The third-order valence-corrected chi connectivity index (χ3v) is 6.41. The number of nitrogens with zero attached hydrogens (tertiary/aromatic N) is 2. The number of amides is 2. The zero-order chi connectivity index (χ0) is 18.1. The van der Waals surface area contributed by atoms with Crippen LogP contribution in [-0.2, 0) is 10.0 Å². The van der Waals surface area contributed by atoms with E-state index in [1.54, 1.807) is 40.6 Å². The minimum Gasteiger partial charge on any atom is -0.497 e. The van der Waals surface area contributed by atoms with Gasteiger partial charge in [0.1, 0.15) is 5.75 Å². The third-order valence-electron chi connectivity index (χ3n) is 5.16. The van der Waals surface area contributed by atoms with Crippen LogP contribution in [-0.4, -0.2) is 63.2 Å². The minimum absolute atomic E-state index is 0.113. The first kappa shape index (κ1) is 18.0. The number of urea groups is 1. The van der Waals surface area contributed by atoms with Gasteiger partial charge in [0.25, 0.3) is 0 Å². The van der Waals surface area contributed by atoms with E-state index in [2.05, 4.69) is 5.32 Å². The lowest BCUT2D eigenvalue weighted by molar-refractivity contribution is 0.152. The summed E-state index contributed by atoms with van der Waals surface area (Å²) in [6, 6.07) is 7.06. The Hall–Kier alpha value is -1.80. The molecule has 7 nitrogen and oxygen atoms in total. The van der Waals surface area contributed by atoms with Crippen molar-refractivity contribution in [2.45, 2.75) is 19.3 Å². The molecule has 138 valence electrons. The normalized spacial score (nSPS) is 24.5. The van der Waals surface area contributed by atoms with Gasteiger partial charge in [0.15, 0.2) is 0 Å². The summed E-state index contributed by atoms with van der Waals surface area (Å²) < 4.78 is 30.4. The van der Waals surface area contributed by atoms with E-state index in [4.69, 9.17) is 4.74 Å². The predicted molar refractivity (Wildman–Crippen MR) is 96.3 cm³/mol. The quantitative estimate of drug-likeness (QED) is 0.886. The number of sulfonamides is 1. The van der Waals surface area contributed by atoms with E-state index >= 15 is 0 Å². The molecule has 2 aliphatic heterocycles. The highest BCUT2D eigenvalue weighted by molar-refractivity contribution is 7.88. The molecular weight excluding hydrogens is 342 g/mol. The molecule has 0 bridgehead atoms. The van der Waals surface area contributed by atoms with Crippen LogP contribution in [0.2, 0.25) is 0 Å². The molecule has 2 saturated heterocycles. The van der Waals surface area contributed by atoms with E-state index in [0.717, 1.165) is 25.0 Å². The number of hydrogen-bond acceptors (Lipinski definition) is 4. The highest BCUT2D eigenvalue weighted by Crippen LogP contribution is 2.39. The van der Waals surface area contributed by atoms with Crippen molar-refractivity contribution in [2.75, 3.05) is 44.9 Å². The molecule has 0 unspecified atom stereocenters. The van der Waals surface area contributed by atoms with Gasteiger partial charge in [0.05, 0.1) is 13.4 Å². The lowest BCUT2D eigenvalue weighted by Crippen LogP contribution is -2.47. The van der Waals surface area contributed by atoms with Gasteiger partial charge in [0.2, 0.25) is 10.0 Å². The number of piperidine rings is 1. The summed E-state index contributed by atoms with van der Waals surface area (Å²) in [6.07, 6.45) is 3.91. The molecule has 3 rings (SSSR count). The summed E-state index contributed by atoms with van der Waals surface area (Å²) >= 11 is 0. The molecule has 1 spiro atoms. The van der Waals surface area contributed by atoms with Crippen molar-refractivity contribution in [2.24, 2.45) is 5.41 Å². The van der Waals surface area contributed by atoms with E-state index < -0.39 is 10.0 Å². The first-order valence-corrected chi connectivity index (χ1v) is 10.3. The first-order valence-electron chi connectivity index (χ1n) is 8.46. The van der Waals surface area contributed by atoms with Crippen LogP contribution in [0.25, 0.3) is 0 Å². The van der Waals surface area contributed by atoms with Crippen LogP contribution in [0.1, 0.15) is 19.3 Å². The summed E-state index contributed by atoms with van der Waals surface area (Å²) in [5.41, 5.74) is 0.603. The summed E-state index contributed by atoms with van der Waals surface area (Å²) in [5.74, 6) is 0.737. The number of carbonyl (C=O) groups is 1. The molecule has 0 saturated carbocycles. The summed E-state index contributed by atoms with van der Waals surface area (Å²) in [7, 11) is -1.58. The molecular formula is C17H25N3O4S. The second kappa shape index (κ2) is 6.84. The summed E-state index contributed by atoms with van der Waals surface area (Å²) in [6.45, 7) is 2.34. The van der Waals surface area contributed by atoms with E-state index in [1.165, 1.54) is 6.26 Å². The molecule has 0 aliphatic carbocycles. The number of rotatable bonds is 3. The van der Waals surface area contributed by atoms with Gasteiger partial charge in [-0.05, 0) is 43.5 Å². The fourth-order valence-corrected chi connectivity index (χ4v) is 4.73. The molecule has 0 radical (unpaired) electrons. The standard InChI is InChI=1S/C17H25N3O4S/c1-24-15-6-4-14(5-7-15)18-16(21)19-11-9-17(12-19)8-3-10-20(13-17)25(2,22)23/h4-7H,3,8-13H2,1-2H3,(H,18,21)/t17-/m0/s1. The molecule has 25 heavy (non-hydrogen) atoms. The molecule has 2 heterocycles. The molecule has 2 fully saturated rings. The highest BCUT2D eigenvalue weighted by atomic mass is 32.2. The smallest absolute Gasteiger partial charge is 0.321 e. The van der Waals surface area contributed by atoms with Crippen LogP contribution in [0, 0.1) is 5.41 Å². The Morgan fingerprint density at radius 2 is 1.88 bits per heavy atom. The molecule has 1 aromatic carbocycles. The fraction of sp³-hybridized carbons (Fsp3) is 0.588. The van der Waals surface area contributed by atoms with Gasteiger partial charge < -0.3 is 15.0 Å². The molecule has 1 N–H and O–H groups in total. The first-order chi connectivity index (χ1) is 11.8. The van der Waals surface area contributed by atoms with Crippen molar-refractivity contribution in [3.05, 3.63) is 24.3 Å². The molecule has 1 atom stereocenters. The van der Waals surface area contributed by atoms with E-state index in [9.17, 15) is 13.2 Å². The van der Waals surface area contributed by atoms with Gasteiger partial charge in [-0.15, -0.1) is 0 Å². The Labute approximate surface area is 149 Å². The number of benzene rings is 1. The van der Waals surface area contributed by atoms with Crippen molar-refractivity contribution in [3.8, 4) is 5.75 Å². The maximum atomic E-state index is 12.5. The monoisotopic (exact) mass is 367 g/mol. The number of nitrogens with one attached hydrogen (secondary N) is 1. The largest absolute Gasteiger partial charge is 0.497 e. The Kier molecular flexibility index (Phi) is 4.92. The van der Waals surface area contributed by atoms with Crippen LogP contribution >= 0.6 is 0 Å². The minimum atomic E-state index is -3.18. The van der Waals surface area contributed by atoms with Gasteiger partial charge in [-0.25, -0.2) is 17.5 Å². The molecule has 2 amide bonds. The maximum Gasteiger partial charge on any atom is 0.321 e. The lowest BCUT2D eigenvalue weighted by Gasteiger charge is -2.39. The molecule has 8 heteroatoms. The van der Waals surface area contributed by atoms with E-state index in [1.807, 2.05) is 0 Å². The number of ether oxygens (including phenoxy) is 1. The van der Waals surface area contributed by atoms with Gasteiger partial charge in [-0.2, -0.15) is 0 Å². The van der Waals surface area contributed by atoms with Crippen molar-refractivity contribution in [3.63, 3.8) is 0 Å². The van der Waals surface area contributed by atoms with Gasteiger partial charge >= 0.3 is 6.03 Å². The van der Waals surface area contributed by atoms with Crippen molar-refractivity contribution in [1.82, 2.24) is 9.21 Å². The molecule has 1 aromatic rings. The number of methoxy groups -OCH3 is 1. The van der Waals surface area contributed by atoms with E-state index in [0.29, 0.717) is 31.9 Å². The number of hydrogen-bond donors (Lipinski definition) is 1. The average molecular weight is 367 g/mol. The SMILES string of the molecule is COc1ccc(NC(=O)N2CC[C@@]3(CCCN(S(C)(=O)=O)C3)C2)cc1. The zero-order valence-corrected chi connectivity index (χ0v) is 15.5. The lowest BCUT2D eigenvalue weighted by atomic mass is 9.80. The van der Waals surface area contributed by atoms with Gasteiger partial charge in [-0.3, -0.25) is 0 Å². The second-order valence-corrected chi connectivity index (χ2v) is 9.01. The molecule has 2 aliphatic rings. The van der Waals surface area contributed by atoms with Crippen LogP contribution in [0.5, 0.6) is 5.75 Å². The third kappa shape index (κ3) is 4.07. The van der Waals surface area contributed by atoms with Crippen LogP contribution < -0.4 is 10.1 Å². The van der Waals surface area contributed by atoms with Gasteiger partial charge in [0, 0.05) is 37.3 Å². The van der Waals surface area contributed by atoms with Gasteiger partial charge in [-0.1, -0.05) is 0 Å². The molecule has 0 aromatic heterocycles. The summed E-state index contributed by atoms with van der Waals surface area (Å²) in [4.78, 5) is 14.3. The average Bonchev–Trinajstić information content (AvgIpc) is 2.98. The van der Waals surface area contributed by atoms with Crippen LogP contribution in [0.4, 0.5) is 10.5 Å². The Bertz CT molecular complexity index is 735. The van der Waals surface area contributed by atoms with Crippen molar-refractivity contribution < 1.29 is 17.9 Å². The second-order valence-electron chi connectivity index (χ2n) is 7.03. The van der Waals surface area contributed by atoms with Crippen molar-refractivity contribution in [1.29, 1.82) is 0 Å². The predicted octanol–water partition coefficient (Wildman–Crippen LogP) is 1.97. The van der Waals surface area contributed by atoms with Crippen LogP contribution in [0.3, 0.4) is 0 Å². The Morgan fingerprint density at radius 3 is 2.52 bits per heavy atom. The number of anilines is 1. The number of carbonyl (C=O) groups excluding carboxylic acids is 1. The van der Waals surface area contributed by atoms with Crippen LogP contribution in [0.15, 0.2) is 24.3 Å². The van der Waals surface area contributed by atoms with E-state index in [-0.39, 0.29) is 11.4 Å². The highest BCUT2D eigenvalue weighted by Gasteiger charge is 2.44. The summed E-state index contributed by atoms with van der Waals surface area (Å²) in [5, 5.41) is 2.90. The Morgan fingerprint density at radius 1 is 1.16 bits per heavy atom. The zero-order valence-electron chi connectivity index (χ0n) is 14.7. The maximum absolute atomic E-state index is 12.5. The fourth-order valence-electron chi connectivity index (χ4n) is 3.76. The number of likely N-dealkylation sites (tertiary alicyclic amines) is 1.